The second-order valence-electron chi connectivity index (χ2n) is 10.6. The van der Waals surface area contributed by atoms with Crippen molar-refractivity contribution < 1.29 is 29.4 Å². The van der Waals surface area contributed by atoms with Crippen LogP contribution < -0.4 is 27.4 Å². The van der Waals surface area contributed by atoms with Crippen molar-refractivity contribution in [2.75, 3.05) is 18.6 Å². The maximum absolute atomic E-state index is 13.5. The van der Waals surface area contributed by atoms with Crippen LogP contribution in [0.1, 0.15) is 36.8 Å². The number of carbonyl (C=O) groups is 4. The van der Waals surface area contributed by atoms with Crippen molar-refractivity contribution in [2.45, 2.75) is 62.7 Å². The molecule has 0 aliphatic heterocycles. The number of H-pyrrole nitrogens is 1. The summed E-state index contributed by atoms with van der Waals surface area (Å²) in [6.45, 7) is 0.411. The number of carboxylic acids is 1. The summed E-state index contributed by atoms with van der Waals surface area (Å²) in [5.41, 5.74) is 14.1. The van der Waals surface area contributed by atoms with Gasteiger partial charge in [0.15, 0.2) is 0 Å². The van der Waals surface area contributed by atoms with Crippen molar-refractivity contribution in [1.82, 2.24) is 20.9 Å². The fourth-order valence-corrected chi connectivity index (χ4v) is 5.26. The largest absolute Gasteiger partial charge is 0.508 e. The Morgan fingerprint density at radius 2 is 1.50 bits per heavy atom. The van der Waals surface area contributed by atoms with E-state index in [0.717, 1.165) is 22.0 Å². The average Bonchev–Trinajstić information content (AvgIpc) is 3.41. The van der Waals surface area contributed by atoms with Crippen molar-refractivity contribution in [3.8, 4) is 5.75 Å². The van der Waals surface area contributed by atoms with Gasteiger partial charge in [-0.2, -0.15) is 11.8 Å². The maximum atomic E-state index is 13.5. The van der Waals surface area contributed by atoms with E-state index in [2.05, 4.69) is 20.9 Å². The summed E-state index contributed by atoms with van der Waals surface area (Å²) in [4.78, 5) is 55.1. The van der Waals surface area contributed by atoms with Gasteiger partial charge >= 0.3 is 5.97 Å². The maximum Gasteiger partial charge on any atom is 0.326 e. The first-order valence-electron chi connectivity index (χ1n) is 14.5. The van der Waals surface area contributed by atoms with Crippen LogP contribution in [-0.2, 0) is 32.0 Å². The number of fused-ring (bicyclic) bond motifs is 1. The van der Waals surface area contributed by atoms with Crippen LogP contribution in [0.25, 0.3) is 10.9 Å². The number of phenols is 1. The summed E-state index contributed by atoms with van der Waals surface area (Å²) in [5.74, 6) is -2.32. The molecular weight excluding hydrogens is 584 g/mol. The first-order chi connectivity index (χ1) is 21.1. The Morgan fingerprint density at radius 3 is 2.16 bits per heavy atom. The number of aromatic nitrogens is 1. The van der Waals surface area contributed by atoms with Crippen molar-refractivity contribution in [3.05, 3.63) is 65.9 Å². The van der Waals surface area contributed by atoms with Gasteiger partial charge in [-0.3, -0.25) is 14.4 Å². The summed E-state index contributed by atoms with van der Waals surface area (Å²) in [5, 5.41) is 28.3. The van der Waals surface area contributed by atoms with E-state index in [9.17, 15) is 29.4 Å². The third kappa shape index (κ3) is 10.3. The topological polar surface area (TPSA) is 213 Å². The van der Waals surface area contributed by atoms with Crippen LogP contribution in [0.15, 0.2) is 54.7 Å². The molecule has 0 saturated carbocycles. The Labute approximate surface area is 260 Å². The number of rotatable bonds is 18. The standard InChI is InChI=1S/C31H42N6O6S/c1-44-15-13-26(30(41)37-27(31(42)43)17-20-18-34-24-7-3-2-6-22(20)24)36-29(40)25(8-4-5-14-32)35-28(39)23(33)16-19-9-11-21(38)12-10-19/h2-3,6-7,9-12,18,23,25-27,34,38H,4-5,8,13-17,32-33H2,1H3,(H,35,39)(H,36,40)(H,37,41)(H,42,43). The van der Waals surface area contributed by atoms with Crippen molar-refractivity contribution in [1.29, 1.82) is 0 Å². The lowest BCUT2D eigenvalue weighted by atomic mass is 10.0. The molecule has 2 aromatic carbocycles. The SMILES string of the molecule is CSCCC(NC(=O)C(CCCCN)NC(=O)C(N)Cc1ccc(O)cc1)C(=O)NC(Cc1c[nH]c2ccccc12)C(=O)O. The highest BCUT2D eigenvalue weighted by Crippen LogP contribution is 2.19. The van der Waals surface area contributed by atoms with Gasteiger partial charge in [-0.05, 0) is 80.0 Å². The van der Waals surface area contributed by atoms with E-state index >= 15 is 0 Å². The number of hydrogen-bond acceptors (Lipinski definition) is 8. The summed E-state index contributed by atoms with van der Waals surface area (Å²) >= 11 is 1.48. The minimum atomic E-state index is -1.23. The van der Waals surface area contributed by atoms with Crippen molar-refractivity contribution >= 4 is 46.4 Å². The Kier molecular flexibility index (Phi) is 13.5. The van der Waals surface area contributed by atoms with E-state index in [4.69, 9.17) is 11.5 Å². The van der Waals surface area contributed by atoms with Crippen LogP contribution in [0.3, 0.4) is 0 Å². The monoisotopic (exact) mass is 626 g/mol. The van der Waals surface area contributed by atoms with Gasteiger partial charge in [0.1, 0.15) is 23.9 Å². The first kappa shape index (κ1) is 34.4. The molecule has 0 bridgehead atoms. The molecule has 0 aliphatic rings. The summed E-state index contributed by atoms with van der Waals surface area (Å²) in [7, 11) is 0. The molecule has 3 aromatic rings. The number of nitrogens with one attached hydrogen (secondary N) is 4. The molecule has 3 amide bonds. The summed E-state index contributed by atoms with van der Waals surface area (Å²) in [6.07, 6.45) is 5.52. The number of phenolic OH excluding ortho intramolecular Hbond substituents is 1. The van der Waals surface area contributed by atoms with E-state index in [1.54, 1.807) is 18.3 Å². The minimum absolute atomic E-state index is 0.0466. The van der Waals surface area contributed by atoms with Crippen LogP contribution in [0.2, 0.25) is 0 Å². The predicted molar refractivity (Wildman–Crippen MR) is 171 cm³/mol. The average molecular weight is 627 g/mol. The van der Waals surface area contributed by atoms with Gasteiger partial charge in [-0.15, -0.1) is 0 Å². The van der Waals surface area contributed by atoms with Crippen LogP contribution in [0.4, 0.5) is 0 Å². The molecule has 238 valence electrons. The zero-order valence-electron chi connectivity index (χ0n) is 24.8. The molecule has 3 rings (SSSR count). The van der Waals surface area contributed by atoms with Gasteiger partial charge in [0.25, 0.3) is 0 Å². The number of thioether (sulfide) groups is 1. The lowest BCUT2D eigenvalue weighted by molar-refractivity contribution is -0.142. The molecule has 1 aromatic heterocycles. The van der Waals surface area contributed by atoms with Crippen LogP contribution in [0.5, 0.6) is 5.75 Å². The lowest BCUT2D eigenvalue weighted by Gasteiger charge is -2.25. The molecule has 0 saturated heterocycles. The molecule has 0 spiro atoms. The van der Waals surface area contributed by atoms with E-state index in [1.807, 2.05) is 30.5 Å². The fraction of sp³-hybridized carbons (Fsp3) is 0.419. The third-order valence-corrected chi connectivity index (χ3v) is 7.91. The molecule has 4 unspecified atom stereocenters. The van der Waals surface area contributed by atoms with Crippen molar-refractivity contribution in [2.24, 2.45) is 11.5 Å². The number of benzene rings is 2. The second kappa shape index (κ2) is 17.3. The number of unbranched alkanes of at least 4 members (excludes halogenated alkanes) is 1. The molecule has 44 heavy (non-hydrogen) atoms. The number of carbonyl (C=O) groups excluding carboxylic acids is 3. The van der Waals surface area contributed by atoms with E-state index < -0.39 is 47.9 Å². The normalized spacial score (nSPS) is 13.9. The van der Waals surface area contributed by atoms with Crippen molar-refractivity contribution in [3.63, 3.8) is 0 Å². The summed E-state index contributed by atoms with van der Waals surface area (Å²) < 4.78 is 0. The number of aliphatic carboxylic acids is 1. The van der Waals surface area contributed by atoms with Gasteiger partial charge in [-0.1, -0.05) is 30.3 Å². The minimum Gasteiger partial charge on any atom is -0.508 e. The molecule has 0 aliphatic carbocycles. The zero-order valence-corrected chi connectivity index (χ0v) is 25.6. The quantitative estimate of drug-likeness (QED) is 0.0957. The molecule has 10 N–H and O–H groups in total. The third-order valence-electron chi connectivity index (χ3n) is 7.27. The van der Waals surface area contributed by atoms with Gasteiger partial charge in [-0.25, -0.2) is 4.79 Å². The Balaban J connectivity index is 1.70. The zero-order chi connectivity index (χ0) is 32.1. The van der Waals surface area contributed by atoms with E-state index in [0.29, 0.717) is 25.1 Å². The fourth-order valence-electron chi connectivity index (χ4n) is 4.79. The first-order valence-corrected chi connectivity index (χ1v) is 15.9. The number of carboxylic acid groups (broad SMARTS) is 1. The highest BCUT2D eigenvalue weighted by molar-refractivity contribution is 7.98. The number of nitrogens with two attached hydrogens (primary N) is 2. The Morgan fingerprint density at radius 1 is 0.864 bits per heavy atom. The highest BCUT2D eigenvalue weighted by atomic mass is 32.2. The Bertz CT molecular complexity index is 1400. The van der Waals surface area contributed by atoms with Crippen LogP contribution in [-0.4, -0.2) is 81.6 Å². The predicted octanol–water partition coefficient (Wildman–Crippen LogP) is 1.41. The van der Waals surface area contributed by atoms with Gasteiger partial charge in [0, 0.05) is 23.5 Å². The molecule has 0 fully saturated rings. The smallest absolute Gasteiger partial charge is 0.326 e. The number of amides is 3. The van der Waals surface area contributed by atoms with Crippen LogP contribution >= 0.6 is 11.8 Å². The van der Waals surface area contributed by atoms with Gasteiger partial charge in [0.05, 0.1) is 6.04 Å². The molecule has 13 heteroatoms. The number of para-hydroxylation sites is 1. The van der Waals surface area contributed by atoms with E-state index in [1.165, 1.54) is 23.9 Å². The van der Waals surface area contributed by atoms with Gasteiger partial charge < -0.3 is 42.6 Å². The Hall–Kier alpha value is -4.07. The molecular formula is C31H42N6O6S. The highest BCUT2D eigenvalue weighted by Gasteiger charge is 2.30. The van der Waals surface area contributed by atoms with E-state index in [-0.39, 0.29) is 31.4 Å². The number of hydrogen-bond donors (Lipinski definition) is 8. The number of aromatic amines is 1. The molecule has 4 atom stereocenters. The molecule has 0 radical (unpaired) electrons. The van der Waals surface area contributed by atoms with Crippen LogP contribution in [0, 0.1) is 0 Å². The van der Waals surface area contributed by atoms with Gasteiger partial charge in [0.2, 0.25) is 17.7 Å². The molecule has 12 nitrogen and oxygen atoms in total. The number of aromatic hydroxyl groups is 1. The second-order valence-corrected chi connectivity index (χ2v) is 11.6. The lowest BCUT2D eigenvalue weighted by Crippen LogP contribution is -2.57. The molecule has 1 heterocycles. The summed E-state index contributed by atoms with van der Waals surface area (Å²) in [6, 6.07) is 9.59.